The lowest BCUT2D eigenvalue weighted by atomic mass is 10.2. The summed E-state index contributed by atoms with van der Waals surface area (Å²) in [6.45, 7) is 2.41. The summed E-state index contributed by atoms with van der Waals surface area (Å²) in [6, 6.07) is 0. The Kier molecular flexibility index (Phi) is 6.90. The molecule has 78 valence electrons. The average Bonchev–Trinajstić information content (AvgIpc) is 2.01. The Morgan fingerprint density at radius 1 is 1.23 bits per heavy atom. The van der Waals surface area contributed by atoms with Crippen molar-refractivity contribution in [2.45, 2.75) is 32.6 Å². The van der Waals surface area contributed by atoms with E-state index in [2.05, 4.69) is 23.3 Å². The quantitative estimate of drug-likeness (QED) is 0.364. The molecule has 0 atom stereocenters. The zero-order chi connectivity index (χ0) is 10.2. The van der Waals surface area contributed by atoms with Crippen LogP contribution in [0.2, 0.25) is 0 Å². The van der Waals surface area contributed by atoms with E-state index in [1.54, 1.807) is 0 Å². The Morgan fingerprint density at radius 2 is 1.85 bits per heavy atom. The van der Waals surface area contributed by atoms with Gasteiger partial charge in [0.25, 0.3) is 10.1 Å². The summed E-state index contributed by atoms with van der Waals surface area (Å²) < 4.78 is 25.6. The molecule has 0 aromatic heterocycles. The molecule has 0 amide bonds. The summed E-state index contributed by atoms with van der Waals surface area (Å²) in [5.41, 5.74) is 0. The van der Waals surface area contributed by atoms with Crippen LogP contribution in [0.3, 0.4) is 0 Å². The SMILES string of the molecule is CCC/C=C/CCCOS(C)(=O)=O. The molecule has 0 N–H and O–H groups in total. The summed E-state index contributed by atoms with van der Waals surface area (Å²) in [6.07, 6.45) is 9.13. The number of hydrogen-bond acceptors (Lipinski definition) is 3. The van der Waals surface area contributed by atoms with Crippen molar-refractivity contribution in [3.63, 3.8) is 0 Å². The third-order valence-electron chi connectivity index (χ3n) is 1.43. The molecule has 3 nitrogen and oxygen atoms in total. The molecule has 0 unspecified atom stereocenters. The predicted molar refractivity (Wildman–Crippen MR) is 54.1 cm³/mol. The van der Waals surface area contributed by atoms with Crippen molar-refractivity contribution in [2.75, 3.05) is 12.9 Å². The standard InChI is InChI=1S/C9H18O3S/c1-3-4-5-6-7-8-9-12-13(2,10)11/h5-6H,3-4,7-9H2,1-2H3/b6-5+. The Labute approximate surface area is 80.9 Å². The molecule has 0 aliphatic rings. The van der Waals surface area contributed by atoms with Gasteiger partial charge >= 0.3 is 0 Å². The van der Waals surface area contributed by atoms with Gasteiger partial charge in [-0.2, -0.15) is 8.42 Å². The second-order valence-corrected chi connectivity index (χ2v) is 4.57. The highest BCUT2D eigenvalue weighted by Crippen LogP contribution is 1.97. The Morgan fingerprint density at radius 3 is 2.38 bits per heavy atom. The van der Waals surface area contributed by atoms with Crippen LogP contribution >= 0.6 is 0 Å². The molecule has 13 heavy (non-hydrogen) atoms. The predicted octanol–water partition coefficient (Wildman–Crippen LogP) is 2.10. The molecule has 0 saturated carbocycles. The highest BCUT2D eigenvalue weighted by molar-refractivity contribution is 7.85. The lowest BCUT2D eigenvalue weighted by Crippen LogP contribution is -2.03. The van der Waals surface area contributed by atoms with Gasteiger partial charge in [-0.15, -0.1) is 0 Å². The van der Waals surface area contributed by atoms with E-state index in [1.165, 1.54) is 0 Å². The van der Waals surface area contributed by atoms with E-state index >= 15 is 0 Å². The second-order valence-electron chi connectivity index (χ2n) is 2.93. The summed E-state index contributed by atoms with van der Waals surface area (Å²) >= 11 is 0. The number of allylic oxidation sites excluding steroid dienone is 2. The Hall–Kier alpha value is -0.350. The molecule has 0 aromatic carbocycles. The van der Waals surface area contributed by atoms with Crippen LogP contribution in [0.1, 0.15) is 32.6 Å². The van der Waals surface area contributed by atoms with Crippen LogP contribution < -0.4 is 0 Å². The van der Waals surface area contributed by atoms with Crippen molar-refractivity contribution in [1.29, 1.82) is 0 Å². The first-order valence-corrected chi connectivity index (χ1v) is 6.37. The fourth-order valence-corrected chi connectivity index (χ4v) is 1.23. The molecule has 0 radical (unpaired) electrons. The first-order valence-electron chi connectivity index (χ1n) is 4.55. The van der Waals surface area contributed by atoms with Crippen LogP contribution in [0.5, 0.6) is 0 Å². The number of unbranched alkanes of at least 4 members (excludes halogenated alkanes) is 2. The van der Waals surface area contributed by atoms with Crippen molar-refractivity contribution >= 4 is 10.1 Å². The molecule has 0 fully saturated rings. The molecular weight excluding hydrogens is 188 g/mol. The largest absolute Gasteiger partial charge is 0.270 e. The normalized spacial score (nSPS) is 12.5. The molecule has 0 aliphatic heterocycles. The molecule has 0 heterocycles. The minimum Gasteiger partial charge on any atom is -0.270 e. The minimum atomic E-state index is -3.25. The van der Waals surface area contributed by atoms with Gasteiger partial charge in [-0.1, -0.05) is 25.5 Å². The van der Waals surface area contributed by atoms with Gasteiger partial charge in [-0.3, -0.25) is 4.18 Å². The van der Waals surface area contributed by atoms with Crippen molar-refractivity contribution in [3.8, 4) is 0 Å². The smallest absolute Gasteiger partial charge is 0.264 e. The first-order chi connectivity index (χ1) is 6.06. The maximum Gasteiger partial charge on any atom is 0.264 e. The van der Waals surface area contributed by atoms with Crippen LogP contribution in [-0.2, 0) is 14.3 Å². The zero-order valence-corrected chi connectivity index (χ0v) is 9.14. The number of rotatable bonds is 7. The second kappa shape index (κ2) is 7.09. The molecule has 0 saturated heterocycles. The average molecular weight is 206 g/mol. The lowest BCUT2D eigenvalue weighted by molar-refractivity contribution is 0.317. The third-order valence-corrected chi connectivity index (χ3v) is 2.03. The van der Waals surface area contributed by atoms with Gasteiger partial charge in [0.1, 0.15) is 0 Å². The van der Waals surface area contributed by atoms with Crippen LogP contribution in [0, 0.1) is 0 Å². The molecule has 0 bridgehead atoms. The maximum absolute atomic E-state index is 10.5. The van der Waals surface area contributed by atoms with E-state index in [0.717, 1.165) is 31.9 Å². The molecule has 0 aliphatic carbocycles. The van der Waals surface area contributed by atoms with Crippen LogP contribution in [-0.4, -0.2) is 21.3 Å². The molecular formula is C9H18O3S. The van der Waals surface area contributed by atoms with Crippen molar-refractivity contribution in [1.82, 2.24) is 0 Å². The van der Waals surface area contributed by atoms with Gasteiger partial charge in [-0.05, 0) is 19.3 Å². The summed E-state index contributed by atoms with van der Waals surface area (Å²) in [7, 11) is -3.25. The van der Waals surface area contributed by atoms with Crippen LogP contribution in [0.25, 0.3) is 0 Å². The summed E-state index contributed by atoms with van der Waals surface area (Å²) in [5, 5.41) is 0. The Bertz CT molecular complexity index is 229. The van der Waals surface area contributed by atoms with Gasteiger partial charge in [-0.25, -0.2) is 0 Å². The van der Waals surface area contributed by atoms with Gasteiger partial charge < -0.3 is 0 Å². The Balaban J connectivity index is 3.27. The number of hydrogen-bond donors (Lipinski definition) is 0. The van der Waals surface area contributed by atoms with Crippen molar-refractivity contribution in [3.05, 3.63) is 12.2 Å². The summed E-state index contributed by atoms with van der Waals surface area (Å²) in [5.74, 6) is 0. The van der Waals surface area contributed by atoms with E-state index < -0.39 is 10.1 Å². The highest BCUT2D eigenvalue weighted by Gasteiger charge is 1.98. The summed E-state index contributed by atoms with van der Waals surface area (Å²) in [4.78, 5) is 0. The molecule has 0 aromatic rings. The van der Waals surface area contributed by atoms with Crippen molar-refractivity contribution < 1.29 is 12.6 Å². The maximum atomic E-state index is 10.5. The fourth-order valence-electron chi connectivity index (χ4n) is 0.814. The van der Waals surface area contributed by atoms with E-state index in [0.29, 0.717) is 0 Å². The first kappa shape index (κ1) is 12.7. The lowest BCUT2D eigenvalue weighted by Gasteiger charge is -1.97. The van der Waals surface area contributed by atoms with E-state index in [-0.39, 0.29) is 6.61 Å². The van der Waals surface area contributed by atoms with E-state index in [1.807, 2.05) is 0 Å². The van der Waals surface area contributed by atoms with Gasteiger partial charge in [0, 0.05) is 0 Å². The molecule has 0 rings (SSSR count). The monoisotopic (exact) mass is 206 g/mol. The van der Waals surface area contributed by atoms with Crippen LogP contribution in [0.15, 0.2) is 12.2 Å². The van der Waals surface area contributed by atoms with E-state index in [9.17, 15) is 8.42 Å². The molecule has 0 spiro atoms. The zero-order valence-electron chi connectivity index (χ0n) is 8.32. The van der Waals surface area contributed by atoms with Crippen molar-refractivity contribution in [2.24, 2.45) is 0 Å². The van der Waals surface area contributed by atoms with E-state index in [4.69, 9.17) is 0 Å². The third kappa shape index (κ3) is 11.7. The van der Waals surface area contributed by atoms with Gasteiger partial charge in [0.15, 0.2) is 0 Å². The topological polar surface area (TPSA) is 43.4 Å². The molecule has 4 heteroatoms. The highest BCUT2D eigenvalue weighted by atomic mass is 32.2. The minimum absolute atomic E-state index is 0.287. The van der Waals surface area contributed by atoms with Crippen LogP contribution in [0.4, 0.5) is 0 Å². The fraction of sp³-hybridized carbons (Fsp3) is 0.778. The van der Waals surface area contributed by atoms with Gasteiger partial charge in [0.05, 0.1) is 12.9 Å². The van der Waals surface area contributed by atoms with Gasteiger partial charge in [0.2, 0.25) is 0 Å².